The maximum atomic E-state index is 5.54. The second kappa shape index (κ2) is 9.00. The van der Waals surface area contributed by atoms with Gasteiger partial charge < -0.3 is 10.1 Å². The van der Waals surface area contributed by atoms with Crippen LogP contribution in [0.15, 0.2) is 0 Å². The molecule has 1 N–H and O–H groups in total. The number of hydrogen-bond acceptors (Lipinski definition) is 2. The van der Waals surface area contributed by atoms with Gasteiger partial charge in [-0.25, -0.2) is 0 Å². The van der Waals surface area contributed by atoms with Crippen LogP contribution in [0.25, 0.3) is 0 Å². The van der Waals surface area contributed by atoms with Crippen molar-refractivity contribution in [3.63, 3.8) is 0 Å². The number of rotatable bonds is 10. The normalized spacial score (nSPS) is 24.4. The van der Waals surface area contributed by atoms with Crippen LogP contribution >= 0.6 is 0 Å². The Morgan fingerprint density at radius 2 is 1.69 bits per heavy atom. The highest BCUT2D eigenvalue weighted by Crippen LogP contribution is 2.23. The molecule has 0 aromatic heterocycles. The van der Waals surface area contributed by atoms with Gasteiger partial charge in [0, 0.05) is 12.6 Å². The van der Waals surface area contributed by atoms with Crippen molar-refractivity contribution < 1.29 is 4.74 Å². The van der Waals surface area contributed by atoms with Crippen LogP contribution in [0.4, 0.5) is 0 Å². The largest absolute Gasteiger partial charge is 0.378 e. The van der Waals surface area contributed by atoms with Crippen LogP contribution in [-0.4, -0.2) is 25.3 Å². The molecule has 0 atom stereocenters. The minimum absolute atomic E-state index is 0.548. The Bertz CT molecular complexity index is 155. The fraction of sp³-hybridized carbons (Fsp3) is 1.00. The molecule has 1 rings (SSSR count). The zero-order valence-electron chi connectivity index (χ0n) is 11.1. The molecule has 0 aromatic carbocycles. The average Bonchev–Trinajstić information content (AvgIpc) is 2.24. The van der Waals surface area contributed by atoms with E-state index in [0.717, 1.165) is 12.6 Å². The van der Waals surface area contributed by atoms with E-state index in [1.54, 1.807) is 0 Å². The zero-order valence-corrected chi connectivity index (χ0v) is 11.1. The molecule has 0 radical (unpaired) electrons. The van der Waals surface area contributed by atoms with Crippen molar-refractivity contribution in [2.24, 2.45) is 0 Å². The van der Waals surface area contributed by atoms with Crippen molar-refractivity contribution in [2.75, 3.05) is 13.2 Å². The summed E-state index contributed by atoms with van der Waals surface area (Å²) in [5.41, 5.74) is 0. The van der Waals surface area contributed by atoms with Gasteiger partial charge in [-0.1, -0.05) is 39.0 Å². The highest BCUT2D eigenvalue weighted by atomic mass is 16.5. The van der Waals surface area contributed by atoms with Gasteiger partial charge in [0.15, 0.2) is 0 Å². The molecule has 0 saturated heterocycles. The van der Waals surface area contributed by atoms with Gasteiger partial charge in [0.25, 0.3) is 0 Å². The summed E-state index contributed by atoms with van der Waals surface area (Å²) < 4.78 is 5.54. The van der Waals surface area contributed by atoms with Gasteiger partial charge >= 0.3 is 0 Å². The van der Waals surface area contributed by atoms with E-state index in [4.69, 9.17) is 4.74 Å². The van der Waals surface area contributed by atoms with Gasteiger partial charge in [0.2, 0.25) is 0 Å². The molecule has 0 spiro atoms. The molecule has 16 heavy (non-hydrogen) atoms. The zero-order chi connectivity index (χ0) is 11.6. The molecule has 1 saturated carbocycles. The molecule has 1 fully saturated rings. The lowest BCUT2D eigenvalue weighted by Gasteiger charge is -2.35. The van der Waals surface area contributed by atoms with E-state index >= 15 is 0 Å². The maximum absolute atomic E-state index is 5.54. The van der Waals surface area contributed by atoms with Gasteiger partial charge in [-0.15, -0.1) is 0 Å². The van der Waals surface area contributed by atoms with Gasteiger partial charge in [-0.3, -0.25) is 0 Å². The Morgan fingerprint density at radius 1 is 1.00 bits per heavy atom. The molecule has 0 amide bonds. The predicted molar refractivity (Wildman–Crippen MR) is 69.8 cm³/mol. The van der Waals surface area contributed by atoms with Crippen molar-refractivity contribution in [3.8, 4) is 0 Å². The molecule has 0 unspecified atom stereocenters. The van der Waals surface area contributed by atoms with Crippen LogP contribution in [0.3, 0.4) is 0 Å². The number of unbranched alkanes of at least 4 members (excludes halogenated alkanes) is 5. The average molecular weight is 227 g/mol. The molecule has 2 nitrogen and oxygen atoms in total. The van der Waals surface area contributed by atoms with E-state index in [0.29, 0.717) is 6.10 Å². The van der Waals surface area contributed by atoms with Crippen LogP contribution in [0, 0.1) is 0 Å². The molecular weight excluding hydrogens is 198 g/mol. The smallest absolute Gasteiger partial charge is 0.0604 e. The lowest BCUT2D eigenvalue weighted by atomic mass is 9.89. The van der Waals surface area contributed by atoms with Crippen molar-refractivity contribution >= 4 is 0 Å². The monoisotopic (exact) mass is 227 g/mol. The third-order valence-electron chi connectivity index (χ3n) is 3.46. The van der Waals surface area contributed by atoms with Crippen molar-refractivity contribution in [1.29, 1.82) is 0 Å². The minimum atomic E-state index is 0.548. The second-order valence-corrected chi connectivity index (χ2v) is 4.97. The van der Waals surface area contributed by atoms with Crippen molar-refractivity contribution in [3.05, 3.63) is 0 Å². The van der Waals surface area contributed by atoms with E-state index in [1.165, 1.54) is 57.9 Å². The summed E-state index contributed by atoms with van der Waals surface area (Å²) in [6.45, 7) is 6.43. The fourth-order valence-electron chi connectivity index (χ4n) is 2.32. The van der Waals surface area contributed by atoms with Gasteiger partial charge in [-0.2, -0.15) is 0 Å². The highest BCUT2D eigenvalue weighted by Gasteiger charge is 2.28. The lowest BCUT2D eigenvalue weighted by Crippen LogP contribution is -2.45. The van der Waals surface area contributed by atoms with E-state index in [9.17, 15) is 0 Å². The molecule has 0 bridgehead atoms. The number of nitrogens with one attached hydrogen (secondary N) is 1. The predicted octanol–water partition coefficient (Wildman–Crippen LogP) is 3.50. The summed E-state index contributed by atoms with van der Waals surface area (Å²) in [5.74, 6) is 0. The molecule has 0 aromatic rings. The van der Waals surface area contributed by atoms with E-state index in [1.807, 2.05) is 0 Å². The first kappa shape index (κ1) is 14.0. The third-order valence-corrected chi connectivity index (χ3v) is 3.46. The van der Waals surface area contributed by atoms with Gasteiger partial charge in [0.1, 0.15) is 0 Å². The van der Waals surface area contributed by atoms with Crippen molar-refractivity contribution in [2.45, 2.75) is 77.4 Å². The third kappa shape index (κ3) is 5.86. The Morgan fingerprint density at radius 3 is 2.38 bits per heavy atom. The molecule has 0 aliphatic heterocycles. The minimum Gasteiger partial charge on any atom is -0.378 e. The number of hydrogen-bond donors (Lipinski definition) is 1. The van der Waals surface area contributed by atoms with Crippen molar-refractivity contribution in [1.82, 2.24) is 5.32 Å². The first-order valence-electron chi connectivity index (χ1n) is 7.21. The van der Waals surface area contributed by atoms with Gasteiger partial charge in [-0.05, 0) is 32.7 Å². The summed E-state index contributed by atoms with van der Waals surface area (Å²) in [4.78, 5) is 0. The Hall–Kier alpha value is -0.0800. The standard InChI is InChI=1S/C14H29NO/c1-3-5-6-7-8-9-10-15-13-11-14(12-13)16-4-2/h13-15H,3-12H2,1-2H3. The summed E-state index contributed by atoms with van der Waals surface area (Å²) in [6, 6.07) is 0.743. The first-order chi connectivity index (χ1) is 7.86. The van der Waals surface area contributed by atoms with Crippen LogP contribution < -0.4 is 5.32 Å². The maximum Gasteiger partial charge on any atom is 0.0604 e. The first-order valence-corrected chi connectivity index (χ1v) is 7.21. The second-order valence-electron chi connectivity index (χ2n) is 4.97. The molecule has 0 heterocycles. The summed E-state index contributed by atoms with van der Waals surface area (Å²) in [6.07, 6.45) is 11.3. The molecule has 2 heteroatoms. The summed E-state index contributed by atoms with van der Waals surface area (Å²) >= 11 is 0. The fourth-order valence-corrected chi connectivity index (χ4v) is 2.32. The summed E-state index contributed by atoms with van der Waals surface area (Å²) in [7, 11) is 0. The highest BCUT2D eigenvalue weighted by molar-refractivity contribution is 4.85. The van der Waals surface area contributed by atoms with Crippen LogP contribution in [0.5, 0.6) is 0 Å². The Kier molecular flexibility index (Phi) is 7.87. The number of ether oxygens (including phenoxy) is 1. The van der Waals surface area contributed by atoms with Crippen LogP contribution in [-0.2, 0) is 4.74 Å². The molecule has 1 aliphatic rings. The van der Waals surface area contributed by atoms with E-state index in [2.05, 4.69) is 19.2 Å². The van der Waals surface area contributed by atoms with E-state index < -0.39 is 0 Å². The van der Waals surface area contributed by atoms with Crippen LogP contribution in [0.2, 0.25) is 0 Å². The molecular formula is C14H29NO. The van der Waals surface area contributed by atoms with Crippen LogP contribution in [0.1, 0.15) is 65.2 Å². The van der Waals surface area contributed by atoms with Gasteiger partial charge in [0.05, 0.1) is 6.10 Å². The topological polar surface area (TPSA) is 21.3 Å². The molecule has 96 valence electrons. The van der Waals surface area contributed by atoms with E-state index in [-0.39, 0.29) is 0 Å². The Balaban J connectivity index is 1.76. The quantitative estimate of drug-likeness (QED) is 0.577. The SMILES string of the molecule is CCCCCCCCNC1CC(OCC)C1. The summed E-state index contributed by atoms with van der Waals surface area (Å²) in [5, 5.41) is 3.62. The molecule has 1 aliphatic carbocycles. The lowest BCUT2D eigenvalue weighted by molar-refractivity contribution is -0.00975. The Labute approximate surface area is 101 Å².